The van der Waals surface area contributed by atoms with Crippen LogP contribution in [0.1, 0.15) is 25.8 Å². The Morgan fingerprint density at radius 2 is 1.94 bits per heavy atom. The third-order valence-corrected chi connectivity index (χ3v) is 2.53. The zero-order chi connectivity index (χ0) is 13.6. The molecule has 0 spiro atoms. The van der Waals surface area contributed by atoms with Crippen molar-refractivity contribution in [1.29, 1.82) is 0 Å². The first kappa shape index (κ1) is 14.6. The maximum atomic E-state index is 13.9. The molecule has 1 aromatic rings. The van der Waals surface area contributed by atoms with Gasteiger partial charge in [0, 0.05) is 0 Å². The summed E-state index contributed by atoms with van der Waals surface area (Å²) in [5.41, 5.74) is 0.615. The minimum Gasteiger partial charge on any atom is -0.492 e. The second kappa shape index (κ2) is 6.50. The van der Waals surface area contributed by atoms with E-state index in [1.165, 1.54) is 13.0 Å². The lowest BCUT2D eigenvalue weighted by Crippen LogP contribution is -2.36. The van der Waals surface area contributed by atoms with Crippen molar-refractivity contribution < 1.29 is 18.6 Å². The van der Waals surface area contributed by atoms with Gasteiger partial charge in [-0.3, -0.25) is 0 Å². The van der Waals surface area contributed by atoms with Crippen molar-refractivity contribution in [1.82, 2.24) is 0 Å². The van der Waals surface area contributed by atoms with E-state index in [1.54, 1.807) is 37.3 Å². The zero-order valence-corrected chi connectivity index (χ0v) is 10.6. The number of aliphatic hydroxyl groups is 1. The monoisotopic (exact) mass is 256 g/mol. The summed E-state index contributed by atoms with van der Waals surface area (Å²) in [5.74, 6) is -3.87. The molecule has 0 aliphatic rings. The first-order valence-electron chi connectivity index (χ1n) is 5.98. The van der Waals surface area contributed by atoms with Crippen molar-refractivity contribution in [3.8, 4) is 0 Å². The van der Waals surface area contributed by atoms with Gasteiger partial charge in [0.05, 0.1) is 6.61 Å². The van der Waals surface area contributed by atoms with Crippen molar-refractivity contribution in [3.63, 3.8) is 0 Å². The summed E-state index contributed by atoms with van der Waals surface area (Å²) in [6.45, 7) is 3.27. The molecule has 1 atom stereocenters. The van der Waals surface area contributed by atoms with Crippen LogP contribution in [-0.2, 0) is 4.74 Å². The number of halogens is 2. The predicted molar refractivity (Wildman–Crippen MR) is 67.3 cm³/mol. The summed E-state index contributed by atoms with van der Waals surface area (Å²) >= 11 is 0. The van der Waals surface area contributed by atoms with E-state index >= 15 is 0 Å². The van der Waals surface area contributed by atoms with E-state index in [4.69, 9.17) is 4.74 Å². The van der Waals surface area contributed by atoms with Gasteiger partial charge in [-0.05, 0) is 25.0 Å². The Morgan fingerprint density at radius 3 is 2.44 bits per heavy atom. The van der Waals surface area contributed by atoms with E-state index in [1.807, 2.05) is 0 Å². The van der Waals surface area contributed by atoms with Gasteiger partial charge in [-0.1, -0.05) is 37.3 Å². The first-order chi connectivity index (χ1) is 8.52. The van der Waals surface area contributed by atoms with Crippen LogP contribution in [0.15, 0.2) is 36.1 Å². The van der Waals surface area contributed by atoms with Gasteiger partial charge >= 0.3 is 5.92 Å². The van der Waals surface area contributed by atoms with Gasteiger partial charge in [0.15, 0.2) is 5.76 Å². The Morgan fingerprint density at radius 1 is 1.33 bits per heavy atom. The average molecular weight is 256 g/mol. The third-order valence-electron chi connectivity index (χ3n) is 2.53. The van der Waals surface area contributed by atoms with E-state index in [9.17, 15) is 13.9 Å². The Labute approximate surface area is 106 Å². The van der Waals surface area contributed by atoms with Gasteiger partial charge in [0.2, 0.25) is 0 Å². The van der Waals surface area contributed by atoms with Crippen LogP contribution in [0.5, 0.6) is 0 Å². The fourth-order valence-corrected chi connectivity index (χ4v) is 1.51. The van der Waals surface area contributed by atoms with Crippen LogP contribution in [0.3, 0.4) is 0 Å². The van der Waals surface area contributed by atoms with Crippen molar-refractivity contribution in [2.75, 3.05) is 6.61 Å². The standard InChI is InChI=1S/C14H18F2O2/c1-3-12(17)14(15,16)13(18-4-2)10-11-8-6-5-7-9-11/h5-10,12,17H,3-4H2,1-2H3/b13-10-. The predicted octanol–water partition coefficient (Wildman–Crippen LogP) is 3.47. The third kappa shape index (κ3) is 3.53. The SMILES string of the molecule is CCO/C(=C\c1ccccc1)C(F)(F)C(O)CC. The topological polar surface area (TPSA) is 29.5 Å². The number of alkyl halides is 2. The lowest BCUT2D eigenvalue weighted by molar-refractivity contribution is -0.110. The molecule has 0 saturated carbocycles. The quantitative estimate of drug-likeness (QED) is 0.790. The van der Waals surface area contributed by atoms with Crippen LogP contribution in [-0.4, -0.2) is 23.7 Å². The van der Waals surface area contributed by atoms with Gasteiger partial charge in [0.25, 0.3) is 0 Å². The molecule has 1 rings (SSSR count). The molecule has 0 aliphatic carbocycles. The number of aliphatic hydroxyl groups excluding tert-OH is 1. The van der Waals surface area contributed by atoms with E-state index < -0.39 is 17.8 Å². The lowest BCUT2D eigenvalue weighted by atomic mass is 10.1. The number of rotatable bonds is 6. The average Bonchev–Trinajstić information content (AvgIpc) is 2.38. The highest BCUT2D eigenvalue weighted by Gasteiger charge is 2.43. The molecule has 1 unspecified atom stereocenters. The Balaban J connectivity index is 3.06. The molecule has 18 heavy (non-hydrogen) atoms. The molecule has 0 fully saturated rings. The van der Waals surface area contributed by atoms with Gasteiger partial charge in [0.1, 0.15) is 6.10 Å². The molecule has 0 amide bonds. The van der Waals surface area contributed by atoms with E-state index in [0.29, 0.717) is 5.56 Å². The number of ether oxygens (including phenoxy) is 1. The van der Waals surface area contributed by atoms with Crippen LogP contribution in [0, 0.1) is 0 Å². The maximum absolute atomic E-state index is 13.9. The Hall–Kier alpha value is -1.42. The minimum absolute atomic E-state index is 0.0355. The number of benzene rings is 1. The van der Waals surface area contributed by atoms with Crippen LogP contribution < -0.4 is 0 Å². The largest absolute Gasteiger partial charge is 0.492 e. The van der Waals surface area contributed by atoms with Crippen LogP contribution in [0.4, 0.5) is 8.78 Å². The summed E-state index contributed by atoms with van der Waals surface area (Å²) in [5, 5.41) is 9.39. The van der Waals surface area contributed by atoms with Crippen molar-refractivity contribution >= 4 is 6.08 Å². The van der Waals surface area contributed by atoms with E-state index in [0.717, 1.165) is 0 Å². The van der Waals surface area contributed by atoms with Crippen LogP contribution in [0.25, 0.3) is 6.08 Å². The van der Waals surface area contributed by atoms with Gasteiger partial charge in [-0.25, -0.2) is 0 Å². The molecule has 0 saturated heterocycles. The highest BCUT2D eigenvalue weighted by Crippen LogP contribution is 2.32. The van der Waals surface area contributed by atoms with Crippen LogP contribution in [0.2, 0.25) is 0 Å². The molecule has 0 aromatic heterocycles. The lowest BCUT2D eigenvalue weighted by Gasteiger charge is -2.24. The minimum atomic E-state index is -3.37. The van der Waals surface area contributed by atoms with Crippen molar-refractivity contribution in [2.24, 2.45) is 0 Å². The van der Waals surface area contributed by atoms with E-state index in [2.05, 4.69) is 0 Å². The van der Waals surface area contributed by atoms with Crippen LogP contribution >= 0.6 is 0 Å². The second-order valence-electron chi connectivity index (χ2n) is 3.90. The van der Waals surface area contributed by atoms with Gasteiger partial charge < -0.3 is 9.84 Å². The van der Waals surface area contributed by atoms with Crippen molar-refractivity contribution in [3.05, 3.63) is 41.7 Å². The first-order valence-corrected chi connectivity index (χ1v) is 5.98. The normalized spacial score (nSPS) is 14.4. The van der Waals surface area contributed by atoms with Gasteiger partial charge in [-0.2, -0.15) is 8.78 Å². The summed E-state index contributed by atoms with van der Waals surface area (Å²) in [6, 6.07) is 8.71. The zero-order valence-electron chi connectivity index (χ0n) is 10.6. The molecule has 4 heteroatoms. The summed E-state index contributed by atoms with van der Waals surface area (Å²) in [4.78, 5) is 0. The maximum Gasteiger partial charge on any atom is 0.329 e. The Kier molecular flexibility index (Phi) is 5.28. The molecule has 2 nitrogen and oxygen atoms in total. The molecular weight excluding hydrogens is 238 g/mol. The second-order valence-corrected chi connectivity index (χ2v) is 3.90. The molecule has 1 aromatic carbocycles. The van der Waals surface area contributed by atoms with Crippen molar-refractivity contribution in [2.45, 2.75) is 32.3 Å². The smallest absolute Gasteiger partial charge is 0.329 e. The molecule has 1 N–H and O–H groups in total. The molecule has 0 heterocycles. The molecular formula is C14H18F2O2. The highest BCUT2D eigenvalue weighted by molar-refractivity contribution is 5.52. The summed E-state index contributed by atoms with van der Waals surface area (Å²) in [7, 11) is 0. The molecule has 100 valence electrons. The fraction of sp³-hybridized carbons (Fsp3) is 0.429. The number of hydrogen-bond acceptors (Lipinski definition) is 2. The summed E-state index contributed by atoms with van der Waals surface area (Å²) in [6.07, 6.45) is -0.506. The fourth-order valence-electron chi connectivity index (χ4n) is 1.51. The molecule has 0 bridgehead atoms. The Bertz CT molecular complexity index is 388. The summed E-state index contributed by atoms with van der Waals surface area (Å²) < 4.78 is 32.8. The highest BCUT2D eigenvalue weighted by atomic mass is 19.3. The number of hydrogen-bond donors (Lipinski definition) is 1. The van der Waals surface area contributed by atoms with E-state index in [-0.39, 0.29) is 13.0 Å². The molecule has 0 aliphatic heterocycles. The molecule has 0 radical (unpaired) electrons. The van der Waals surface area contributed by atoms with Gasteiger partial charge in [-0.15, -0.1) is 0 Å².